The summed E-state index contributed by atoms with van der Waals surface area (Å²) in [6, 6.07) is 12.3. The zero-order valence-electron chi connectivity index (χ0n) is 12.2. The van der Waals surface area contributed by atoms with Gasteiger partial charge in [0.1, 0.15) is 17.1 Å². The monoisotopic (exact) mass is 312 g/mol. The number of methoxy groups -OCH3 is 1. The summed E-state index contributed by atoms with van der Waals surface area (Å²) in [5, 5.41) is 1.09. The fraction of sp³-hybridized carbons (Fsp3) is 0.0588. The third-order valence-electron chi connectivity index (χ3n) is 3.38. The predicted octanol–water partition coefficient (Wildman–Crippen LogP) is 2.30. The third kappa shape index (κ3) is 2.91. The topological polar surface area (TPSA) is 58.6 Å². The number of halogens is 1. The molecule has 1 N–H and O–H groups in total. The molecule has 116 valence electrons. The molecule has 0 saturated carbocycles. The molecule has 1 heterocycles. The van der Waals surface area contributed by atoms with E-state index in [0.717, 1.165) is 5.01 Å². The van der Waals surface area contributed by atoms with Gasteiger partial charge in [-0.2, -0.15) is 0 Å². The fourth-order valence-corrected chi connectivity index (χ4v) is 2.23. The molecule has 1 aliphatic rings. The molecule has 1 saturated heterocycles. The van der Waals surface area contributed by atoms with Crippen LogP contribution in [0.15, 0.2) is 54.1 Å². The Kier molecular flexibility index (Phi) is 3.80. The molecule has 0 spiro atoms. The van der Waals surface area contributed by atoms with Gasteiger partial charge in [0.2, 0.25) is 0 Å². The van der Waals surface area contributed by atoms with Crippen molar-refractivity contribution in [2.75, 3.05) is 12.1 Å². The molecule has 2 aromatic rings. The summed E-state index contributed by atoms with van der Waals surface area (Å²) >= 11 is 0. The van der Waals surface area contributed by atoms with Gasteiger partial charge in [-0.15, -0.1) is 0 Å². The summed E-state index contributed by atoms with van der Waals surface area (Å²) in [6.07, 6.45) is 1.49. The smallest absolute Gasteiger partial charge is 0.282 e. The average molecular weight is 312 g/mol. The van der Waals surface area contributed by atoms with Crippen molar-refractivity contribution < 1.29 is 18.7 Å². The Balaban J connectivity index is 1.91. The molecule has 0 aromatic heterocycles. The highest BCUT2D eigenvalue weighted by Crippen LogP contribution is 2.22. The van der Waals surface area contributed by atoms with Gasteiger partial charge in [-0.25, -0.2) is 9.40 Å². The number of ether oxygens (including phenoxy) is 1. The van der Waals surface area contributed by atoms with Gasteiger partial charge in [0.05, 0.1) is 12.8 Å². The minimum Gasteiger partial charge on any atom is -0.497 e. The highest BCUT2D eigenvalue weighted by molar-refractivity contribution is 6.31. The van der Waals surface area contributed by atoms with Gasteiger partial charge in [-0.1, -0.05) is 12.1 Å². The van der Waals surface area contributed by atoms with Crippen molar-refractivity contribution in [1.82, 2.24) is 5.43 Å². The molecule has 1 aliphatic heterocycles. The van der Waals surface area contributed by atoms with Gasteiger partial charge < -0.3 is 4.74 Å². The molecule has 6 heteroatoms. The summed E-state index contributed by atoms with van der Waals surface area (Å²) in [5.41, 5.74) is 3.52. The Morgan fingerprint density at radius 1 is 1.13 bits per heavy atom. The summed E-state index contributed by atoms with van der Waals surface area (Å²) in [6.45, 7) is 0. The van der Waals surface area contributed by atoms with Crippen molar-refractivity contribution in [2.24, 2.45) is 0 Å². The first-order valence-electron chi connectivity index (χ1n) is 6.85. The van der Waals surface area contributed by atoms with Gasteiger partial charge >= 0.3 is 0 Å². The Bertz CT molecular complexity index is 800. The number of amides is 2. The van der Waals surface area contributed by atoms with Gasteiger partial charge in [0, 0.05) is 0 Å². The SMILES string of the molecule is COc1cccc(/C=C2\C(=O)NN(c3ccc(F)cc3)C2=O)c1. The van der Waals surface area contributed by atoms with Gasteiger partial charge in [0.25, 0.3) is 11.8 Å². The van der Waals surface area contributed by atoms with E-state index < -0.39 is 17.6 Å². The lowest BCUT2D eigenvalue weighted by Gasteiger charge is -2.14. The van der Waals surface area contributed by atoms with Crippen LogP contribution in [-0.4, -0.2) is 18.9 Å². The molecule has 0 atom stereocenters. The van der Waals surface area contributed by atoms with Crippen molar-refractivity contribution in [3.05, 3.63) is 65.5 Å². The number of hydrazine groups is 1. The van der Waals surface area contributed by atoms with Crippen molar-refractivity contribution in [1.29, 1.82) is 0 Å². The number of anilines is 1. The maximum absolute atomic E-state index is 13.0. The van der Waals surface area contributed by atoms with E-state index in [1.807, 2.05) is 0 Å². The Morgan fingerprint density at radius 3 is 2.57 bits per heavy atom. The van der Waals surface area contributed by atoms with E-state index in [4.69, 9.17) is 4.74 Å². The zero-order chi connectivity index (χ0) is 16.4. The van der Waals surface area contributed by atoms with E-state index in [9.17, 15) is 14.0 Å². The highest BCUT2D eigenvalue weighted by atomic mass is 19.1. The van der Waals surface area contributed by atoms with Crippen molar-refractivity contribution in [3.63, 3.8) is 0 Å². The molecular formula is C17H13FN2O3. The molecule has 0 bridgehead atoms. The number of carbonyl (C=O) groups excluding carboxylic acids is 2. The third-order valence-corrected chi connectivity index (χ3v) is 3.38. The second kappa shape index (κ2) is 5.92. The van der Waals surface area contributed by atoms with Crippen molar-refractivity contribution >= 4 is 23.6 Å². The number of hydrogen-bond donors (Lipinski definition) is 1. The second-order valence-corrected chi connectivity index (χ2v) is 4.89. The quantitative estimate of drug-likeness (QED) is 0.699. The molecular weight excluding hydrogens is 299 g/mol. The number of carbonyl (C=O) groups is 2. The molecule has 1 fully saturated rings. The number of hydrogen-bond acceptors (Lipinski definition) is 3. The maximum atomic E-state index is 13.0. The van der Waals surface area contributed by atoms with Crippen molar-refractivity contribution in [3.8, 4) is 5.75 Å². The highest BCUT2D eigenvalue weighted by Gasteiger charge is 2.34. The normalized spacial score (nSPS) is 15.9. The molecule has 0 unspecified atom stereocenters. The number of benzene rings is 2. The molecule has 23 heavy (non-hydrogen) atoms. The Labute approximate surface area is 131 Å². The molecule has 2 amide bonds. The van der Waals surface area contributed by atoms with E-state index in [1.54, 1.807) is 24.3 Å². The van der Waals surface area contributed by atoms with E-state index in [0.29, 0.717) is 17.0 Å². The van der Waals surface area contributed by atoms with Crippen LogP contribution in [0.5, 0.6) is 5.75 Å². The van der Waals surface area contributed by atoms with E-state index in [2.05, 4.69) is 5.43 Å². The standard InChI is InChI=1S/C17H13FN2O3/c1-23-14-4-2-3-11(9-14)10-15-16(21)19-20(17(15)22)13-7-5-12(18)6-8-13/h2-10H,1H3,(H,19,21)/b15-10+. The molecule has 5 nitrogen and oxygen atoms in total. The van der Waals surface area contributed by atoms with Crippen LogP contribution in [-0.2, 0) is 9.59 Å². The summed E-state index contributed by atoms with van der Waals surface area (Å²) in [7, 11) is 1.54. The average Bonchev–Trinajstić information content (AvgIpc) is 2.84. The number of nitrogens with one attached hydrogen (secondary N) is 1. The van der Waals surface area contributed by atoms with Crippen molar-refractivity contribution in [2.45, 2.75) is 0 Å². The minimum absolute atomic E-state index is 0.00239. The number of nitrogens with zero attached hydrogens (tertiary/aromatic N) is 1. The minimum atomic E-state index is -0.512. The zero-order valence-corrected chi connectivity index (χ0v) is 12.2. The molecule has 0 aliphatic carbocycles. The van der Waals surface area contributed by atoms with E-state index >= 15 is 0 Å². The lowest BCUT2D eigenvalue weighted by atomic mass is 10.1. The van der Waals surface area contributed by atoms with E-state index in [-0.39, 0.29) is 5.57 Å². The Hall–Kier alpha value is -3.15. The molecule has 3 rings (SSSR count). The number of rotatable bonds is 3. The largest absolute Gasteiger partial charge is 0.497 e. The van der Waals surface area contributed by atoms with Crippen LogP contribution in [0.25, 0.3) is 6.08 Å². The first kappa shape index (κ1) is 14.8. The predicted molar refractivity (Wildman–Crippen MR) is 83.0 cm³/mol. The lowest BCUT2D eigenvalue weighted by Crippen LogP contribution is -2.35. The van der Waals surface area contributed by atoms with Crippen LogP contribution in [0.3, 0.4) is 0 Å². The molecule has 2 aromatic carbocycles. The molecule has 0 radical (unpaired) electrons. The van der Waals surface area contributed by atoms with Crippen LogP contribution in [0.1, 0.15) is 5.56 Å². The Morgan fingerprint density at radius 2 is 1.87 bits per heavy atom. The second-order valence-electron chi connectivity index (χ2n) is 4.89. The van der Waals surface area contributed by atoms with Gasteiger partial charge in [0.15, 0.2) is 0 Å². The maximum Gasteiger partial charge on any atom is 0.282 e. The summed E-state index contributed by atoms with van der Waals surface area (Å²) in [5.74, 6) is -0.800. The first-order chi connectivity index (χ1) is 11.1. The van der Waals surface area contributed by atoms with Crippen LogP contribution in [0.2, 0.25) is 0 Å². The van der Waals surface area contributed by atoms with Crippen LogP contribution < -0.4 is 15.2 Å². The van der Waals surface area contributed by atoms with Crippen LogP contribution in [0.4, 0.5) is 10.1 Å². The first-order valence-corrected chi connectivity index (χ1v) is 6.85. The van der Waals surface area contributed by atoms with Gasteiger partial charge in [-0.05, 0) is 48.0 Å². The summed E-state index contributed by atoms with van der Waals surface area (Å²) in [4.78, 5) is 24.5. The van der Waals surface area contributed by atoms with Gasteiger partial charge in [-0.3, -0.25) is 15.0 Å². The fourth-order valence-electron chi connectivity index (χ4n) is 2.23. The lowest BCUT2D eigenvalue weighted by molar-refractivity contribution is -0.117. The summed E-state index contributed by atoms with van der Waals surface area (Å²) < 4.78 is 18.1. The van der Waals surface area contributed by atoms with E-state index in [1.165, 1.54) is 37.5 Å². The van der Waals surface area contributed by atoms with Crippen LogP contribution >= 0.6 is 0 Å². The van der Waals surface area contributed by atoms with Crippen LogP contribution in [0, 0.1) is 5.82 Å².